The summed E-state index contributed by atoms with van der Waals surface area (Å²) in [7, 11) is 0. The first-order valence-electron chi connectivity index (χ1n) is 7.04. The number of halogens is 1. The number of nitrogens with two attached hydrogens (primary N) is 1. The van der Waals surface area contributed by atoms with Crippen molar-refractivity contribution < 1.29 is 9.59 Å². The van der Waals surface area contributed by atoms with Crippen LogP contribution in [-0.2, 0) is 0 Å². The molecule has 1 aliphatic heterocycles. The van der Waals surface area contributed by atoms with Crippen molar-refractivity contribution in [1.82, 2.24) is 24.6 Å². The molecule has 1 aliphatic rings. The van der Waals surface area contributed by atoms with Crippen molar-refractivity contribution >= 4 is 29.2 Å². The number of benzene rings is 1. The van der Waals surface area contributed by atoms with Gasteiger partial charge in [-0.25, -0.2) is 9.67 Å². The second kappa shape index (κ2) is 5.28. The number of fused-ring (bicyclic) bond motifs is 1. The number of imide groups is 1. The van der Waals surface area contributed by atoms with Crippen LogP contribution in [-0.4, -0.2) is 31.1 Å². The van der Waals surface area contributed by atoms with Crippen molar-refractivity contribution in [1.29, 1.82) is 0 Å². The van der Waals surface area contributed by atoms with Gasteiger partial charge < -0.3 is 5.73 Å². The Balaban J connectivity index is 2.08. The number of nitrogens with one attached hydrogen (secondary N) is 1. The number of carbonyl (C=O) groups excluding carboxylic acids is 2. The number of carbonyl (C=O) groups is 2. The Bertz CT molecular complexity index is 1100. The van der Waals surface area contributed by atoms with E-state index in [0.29, 0.717) is 16.4 Å². The number of anilines is 1. The van der Waals surface area contributed by atoms with Crippen LogP contribution >= 0.6 is 11.6 Å². The van der Waals surface area contributed by atoms with E-state index in [1.54, 1.807) is 18.2 Å². The molecule has 0 spiro atoms. The maximum absolute atomic E-state index is 12.6. The highest BCUT2D eigenvalue weighted by molar-refractivity contribution is 6.32. The van der Waals surface area contributed by atoms with Crippen molar-refractivity contribution in [3.05, 3.63) is 63.4 Å². The molecule has 4 rings (SSSR count). The maximum atomic E-state index is 12.6. The lowest BCUT2D eigenvalue weighted by Crippen LogP contribution is -2.25. The third kappa shape index (κ3) is 2.13. The van der Waals surface area contributed by atoms with E-state index in [-0.39, 0.29) is 16.9 Å². The predicted molar refractivity (Wildman–Crippen MR) is 88.2 cm³/mol. The molecule has 0 bridgehead atoms. The maximum Gasteiger partial charge on any atom is 0.262 e. The smallest absolute Gasteiger partial charge is 0.262 e. The number of nitrogen functional groups attached to an aromatic ring is 1. The van der Waals surface area contributed by atoms with Crippen molar-refractivity contribution in [2.24, 2.45) is 0 Å². The van der Waals surface area contributed by atoms with Crippen LogP contribution in [0.1, 0.15) is 20.7 Å². The summed E-state index contributed by atoms with van der Waals surface area (Å²) in [6.45, 7) is 0. The molecule has 0 atom stereocenters. The summed E-state index contributed by atoms with van der Waals surface area (Å²) in [6, 6.07) is 5.91. The molecule has 0 fully saturated rings. The van der Waals surface area contributed by atoms with Crippen molar-refractivity contribution in [2.75, 3.05) is 5.73 Å². The SMILES string of the molecule is Nc1c2c(cc(=O)n1-c1cccc(Cl)c1-n1cncn1)C(=O)NC2=O. The van der Waals surface area contributed by atoms with Crippen molar-refractivity contribution in [2.45, 2.75) is 0 Å². The Morgan fingerprint density at radius 1 is 1.16 bits per heavy atom. The first-order chi connectivity index (χ1) is 12.0. The number of nitrogens with zero attached hydrogens (tertiary/aromatic N) is 4. The molecule has 3 aromatic rings. The van der Waals surface area contributed by atoms with Gasteiger partial charge in [0, 0.05) is 6.07 Å². The van der Waals surface area contributed by atoms with Crippen molar-refractivity contribution in [3.8, 4) is 11.4 Å². The average molecular weight is 357 g/mol. The van der Waals surface area contributed by atoms with Crippen LogP contribution in [0, 0.1) is 0 Å². The van der Waals surface area contributed by atoms with E-state index in [4.69, 9.17) is 17.3 Å². The molecule has 2 aromatic heterocycles. The fraction of sp³-hybridized carbons (Fsp3) is 0. The lowest BCUT2D eigenvalue weighted by molar-refractivity contribution is 0.0880. The molecular weight excluding hydrogens is 348 g/mol. The molecule has 10 heteroatoms. The number of amides is 2. The van der Waals surface area contributed by atoms with Crippen LogP contribution in [0.15, 0.2) is 41.7 Å². The topological polar surface area (TPSA) is 125 Å². The van der Waals surface area contributed by atoms with Gasteiger partial charge in [0.2, 0.25) is 0 Å². The molecular formula is C15H9ClN6O3. The molecule has 124 valence electrons. The molecule has 9 nitrogen and oxygen atoms in total. The highest BCUT2D eigenvalue weighted by Crippen LogP contribution is 2.29. The first kappa shape index (κ1) is 15.1. The summed E-state index contributed by atoms with van der Waals surface area (Å²) in [5.41, 5.74) is 6.04. The zero-order valence-electron chi connectivity index (χ0n) is 12.4. The molecule has 0 radical (unpaired) electrons. The highest BCUT2D eigenvalue weighted by Gasteiger charge is 2.32. The van der Waals surface area contributed by atoms with Gasteiger partial charge in [0.05, 0.1) is 21.8 Å². The molecule has 0 aliphatic carbocycles. The fourth-order valence-electron chi connectivity index (χ4n) is 2.76. The first-order valence-corrected chi connectivity index (χ1v) is 7.42. The van der Waals surface area contributed by atoms with Gasteiger partial charge in [-0.05, 0) is 12.1 Å². The summed E-state index contributed by atoms with van der Waals surface area (Å²) in [4.78, 5) is 40.2. The Labute approximate surface area is 144 Å². The van der Waals surface area contributed by atoms with E-state index in [1.807, 2.05) is 0 Å². The summed E-state index contributed by atoms with van der Waals surface area (Å²) in [5.74, 6) is -1.47. The molecule has 2 amide bonds. The normalized spacial score (nSPS) is 13.0. The number of aromatic nitrogens is 4. The lowest BCUT2D eigenvalue weighted by atomic mass is 10.1. The minimum atomic E-state index is -0.657. The van der Waals surface area contributed by atoms with E-state index in [1.165, 1.54) is 17.3 Å². The van der Waals surface area contributed by atoms with Gasteiger partial charge in [-0.3, -0.25) is 24.3 Å². The predicted octanol–water partition coefficient (Wildman–Crippen LogP) is 0.537. The van der Waals surface area contributed by atoms with E-state index in [2.05, 4.69) is 15.4 Å². The monoisotopic (exact) mass is 356 g/mol. The minimum Gasteiger partial charge on any atom is -0.384 e. The lowest BCUT2D eigenvalue weighted by Gasteiger charge is -2.16. The van der Waals surface area contributed by atoms with Gasteiger partial charge in [0.25, 0.3) is 17.4 Å². The van der Waals surface area contributed by atoms with Crippen LogP contribution in [0.2, 0.25) is 5.02 Å². The highest BCUT2D eigenvalue weighted by atomic mass is 35.5. The number of pyridine rings is 1. The van der Waals surface area contributed by atoms with Crippen LogP contribution in [0.3, 0.4) is 0 Å². The van der Waals surface area contributed by atoms with Gasteiger partial charge in [-0.2, -0.15) is 5.10 Å². The Hall–Kier alpha value is -3.46. The largest absolute Gasteiger partial charge is 0.384 e. The molecule has 3 heterocycles. The zero-order valence-corrected chi connectivity index (χ0v) is 13.2. The molecule has 0 saturated heterocycles. The summed E-state index contributed by atoms with van der Waals surface area (Å²) < 4.78 is 2.49. The van der Waals surface area contributed by atoms with Crippen LogP contribution < -0.4 is 16.6 Å². The van der Waals surface area contributed by atoms with Gasteiger partial charge in [-0.15, -0.1) is 0 Å². The minimum absolute atomic E-state index is 0.0471. The van der Waals surface area contributed by atoms with E-state index < -0.39 is 17.4 Å². The number of hydrogen-bond acceptors (Lipinski definition) is 6. The second-order valence-electron chi connectivity index (χ2n) is 5.22. The summed E-state index contributed by atoms with van der Waals surface area (Å²) in [6.07, 6.45) is 2.73. The number of hydrogen-bond donors (Lipinski definition) is 2. The second-order valence-corrected chi connectivity index (χ2v) is 5.63. The third-order valence-electron chi connectivity index (χ3n) is 3.81. The molecule has 0 unspecified atom stereocenters. The van der Waals surface area contributed by atoms with Gasteiger partial charge in [-0.1, -0.05) is 17.7 Å². The standard InChI is InChI=1S/C15H9ClN6O3/c16-8-2-1-3-9(12(8)21-6-18-5-19-21)22-10(23)4-7-11(13(22)17)15(25)20-14(7)24/h1-6H,17H2,(H,20,24,25). The average Bonchev–Trinajstić information content (AvgIpc) is 3.16. The number of rotatable bonds is 2. The summed E-state index contributed by atoms with van der Waals surface area (Å²) >= 11 is 6.27. The fourth-order valence-corrected chi connectivity index (χ4v) is 3.02. The van der Waals surface area contributed by atoms with Crippen molar-refractivity contribution in [3.63, 3.8) is 0 Å². The molecule has 1 aromatic carbocycles. The Kier molecular flexibility index (Phi) is 3.19. The van der Waals surface area contributed by atoms with Crippen LogP contribution in [0.5, 0.6) is 0 Å². The van der Waals surface area contributed by atoms with Gasteiger partial charge >= 0.3 is 0 Å². The third-order valence-corrected chi connectivity index (χ3v) is 4.11. The molecule has 0 saturated carbocycles. The summed E-state index contributed by atoms with van der Waals surface area (Å²) in [5, 5.41) is 6.44. The van der Waals surface area contributed by atoms with Crippen LogP contribution in [0.25, 0.3) is 11.4 Å². The van der Waals surface area contributed by atoms with Crippen LogP contribution in [0.4, 0.5) is 5.82 Å². The Morgan fingerprint density at radius 3 is 2.68 bits per heavy atom. The van der Waals surface area contributed by atoms with E-state index >= 15 is 0 Å². The van der Waals surface area contributed by atoms with E-state index in [0.717, 1.165) is 10.6 Å². The Morgan fingerprint density at radius 2 is 1.96 bits per heavy atom. The molecule has 25 heavy (non-hydrogen) atoms. The van der Waals surface area contributed by atoms with E-state index in [9.17, 15) is 14.4 Å². The van der Waals surface area contributed by atoms with Gasteiger partial charge in [0.15, 0.2) is 0 Å². The quantitative estimate of drug-likeness (QED) is 0.645. The van der Waals surface area contributed by atoms with Gasteiger partial charge in [0.1, 0.15) is 24.2 Å². The molecule has 3 N–H and O–H groups in total. The zero-order chi connectivity index (χ0) is 17.7. The number of para-hydroxylation sites is 1.